The lowest BCUT2D eigenvalue weighted by molar-refractivity contribution is -0.0780. The fourth-order valence-electron chi connectivity index (χ4n) is 3.10. The molecule has 0 unspecified atom stereocenters. The molecule has 2 atom stereocenters. The van der Waals surface area contributed by atoms with Crippen molar-refractivity contribution in [3.8, 4) is 5.75 Å². The van der Waals surface area contributed by atoms with Gasteiger partial charge in [-0.1, -0.05) is 35.9 Å². The summed E-state index contributed by atoms with van der Waals surface area (Å²) >= 11 is 0. The lowest BCUT2D eigenvalue weighted by Gasteiger charge is -2.32. The highest BCUT2D eigenvalue weighted by molar-refractivity contribution is 7.89. The lowest BCUT2D eigenvalue weighted by Crippen LogP contribution is -2.55. The number of hydrogen-bond acceptors (Lipinski definition) is 6. The average molecular weight is 361 g/mol. The zero-order valence-corrected chi connectivity index (χ0v) is 14.1. The molecule has 2 aliphatic rings. The monoisotopic (exact) mass is 361 g/mol. The first-order valence-electron chi connectivity index (χ1n) is 7.61. The summed E-state index contributed by atoms with van der Waals surface area (Å²) in [4.78, 5) is 12.2. The number of amides is 1. The number of rotatable bonds is 2. The van der Waals surface area contributed by atoms with Gasteiger partial charge in [0.1, 0.15) is 11.9 Å². The normalized spacial score (nSPS) is 25.0. The minimum absolute atomic E-state index is 0.0805. The Kier molecular flexibility index (Phi) is 3.32. The summed E-state index contributed by atoms with van der Waals surface area (Å²) in [5.41, 5.74) is -0.558. The maximum Gasteiger partial charge on any atom is 0.427 e. The molecule has 0 aromatic heterocycles. The van der Waals surface area contributed by atoms with Gasteiger partial charge in [-0.25, -0.2) is 13.2 Å². The van der Waals surface area contributed by atoms with Crippen molar-refractivity contribution in [3.05, 3.63) is 59.7 Å². The molecule has 2 aliphatic heterocycles. The summed E-state index contributed by atoms with van der Waals surface area (Å²) in [5.74, 6) is 0.317. The Bertz CT molecular complexity index is 955. The number of nitrogens with zero attached hydrogens (tertiary/aromatic N) is 1. The number of aliphatic hydroxyl groups is 1. The SMILES string of the molecule is Cc1ccc(S(=O)(=O)N2C(=O)OC[C@@]23Oc2ccccc2[C@@H]3O)cc1. The third-order valence-electron chi connectivity index (χ3n) is 4.40. The Morgan fingerprint density at radius 3 is 2.52 bits per heavy atom. The number of para-hydroxylation sites is 1. The zero-order valence-electron chi connectivity index (χ0n) is 13.2. The average Bonchev–Trinajstić information content (AvgIpc) is 3.07. The Morgan fingerprint density at radius 2 is 1.84 bits per heavy atom. The van der Waals surface area contributed by atoms with Crippen molar-refractivity contribution < 1.29 is 27.8 Å². The molecule has 1 saturated heterocycles. The Hall–Kier alpha value is -2.58. The van der Waals surface area contributed by atoms with Crippen LogP contribution in [-0.4, -0.2) is 36.3 Å². The minimum Gasteiger partial charge on any atom is -0.459 e. The van der Waals surface area contributed by atoms with Crippen molar-refractivity contribution in [2.75, 3.05) is 6.61 Å². The summed E-state index contributed by atoms with van der Waals surface area (Å²) < 4.78 is 37.3. The van der Waals surface area contributed by atoms with Crippen LogP contribution in [0.4, 0.5) is 4.79 Å². The van der Waals surface area contributed by atoms with Crippen molar-refractivity contribution in [1.82, 2.24) is 4.31 Å². The number of benzene rings is 2. The van der Waals surface area contributed by atoms with Crippen LogP contribution >= 0.6 is 0 Å². The first-order valence-corrected chi connectivity index (χ1v) is 9.05. The molecule has 2 heterocycles. The van der Waals surface area contributed by atoms with E-state index in [1.165, 1.54) is 12.1 Å². The molecule has 1 amide bonds. The van der Waals surface area contributed by atoms with Gasteiger partial charge < -0.3 is 14.6 Å². The molecule has 25 heavy (non-hydrogen) atoms. The first-order chi connectivity index (χ1) is 11.9. The number of carbonyl (C=O) groups is 1. The highest BCUT2D eigenvalue weighted by Gasteiger charge is 2.64. The van der Waals surface area contributed by atoms with Gasteiger partial charge in [0.2, 0.25) is 0 Å². The quantitative estimate of drug-likeness (QED) is 0.879. The van der Waals surface area contributed by atoms with Gasteiger partial charge in [-0.05, 0) is 25.1 Å². The highest BCUT2D eigenvalue weighted by Crippen LogP contribution is 2.49. The first kappa shape index (κ1) is 15.9. The van der Waals surface area contributed by atoms with E-state index in [0.29, 0.717) is 15.6 Å². The fourth-order valence-corrected chi connectivity index (χ4v) is 4.64. The van der Waals surface area contributed by atoms with Gasteiger partial charge in [-0.2, -0.15) is 4.31 Å². The summed E-state index contributed by atoms with van der Waals surface area (Å²) in [6.45, 7) is 1.43. The largest absolute Gasteiger partial charge is 0.459 e. The van der Waals surface area contributed by atoms with Crippen molar-refractivity contribution >= 4 is 16.1 Å². The summed E-state index contributed by atoms with van der Waals surface area (Å²) in [7, 11) is -4.27. The number of ether oxygens (including phenoxy) is 2. The van der Waals surface area contributed by atoms with Gasteiger partial charge in [0.25, 0.3) is 15.7 Å². The molecule has 0 radical (unpaired) electrons. The van der Waals surface area contributed by atoms with Crippen molar-refractivity contribution in [1.29, 1.82) is 0 Å². The van der Waals surface area contributed by atoms with Crippen molar-refractivity contribution in [3.63, 3.8) is 0 Å². The minimum atomic E-state index is -4.27. The lowest BCUT2D eigenvalue weighted by atomic mass is 10.0. The summed E-state index contributed by atoms with van der Waals surface area (Å²) in [5, 5.41) is 10.7. The number of aryl methyl sites for hydroxylation is 1. The number of aliphatic hydroxyl groups excluding tert-OH is 1. The molecule has 1 fully saturated rings. The highest BCUT2D eigenvalue weighted by atomic mass is 32.2. The van der Waals surface area contributed by atoms with Crippen LogP contribution in [0.1, 0.15) is 17.2 Å². The maximum atomic E-state index is 13.0. The van der Waals surface area contributed by atoms with Crippen LogP contribution in [0.3, 0.4) is 0 Å². The van der Waals surface area contributed by atoms with Crippen molar-refractivity contribution in [2.45, 2.75) is 23.6 Å². The summed E-state index contributed by atoms with van der Waals surface area (Å²) in [6, 6.07) is 12.7. The van der Waals surface area contributed by atoms with Gasteiger partial charge in [-0.3, -0.25) is 0 Å². The van der Waals surface area contributed by atoms with Gasteiger partial charge in [0.05, 0.1) is 4.90 Å². The van der Waals surface area contributed by atoms with Crippen LogP contribution in [0.25, 0.3) is 0 Å². The molecule has 1 spiro atoms. The van der Waals surface area contributed by atoms with E-state index >= 15 is 0 Å². The fraction of sp³-hybridized carbons (Fsp3) is 0.235. The van der Waals surface area contributed by atoms with Gasteiger partial charge in [0, 0.05) is 5.56 Å². The van der Waals surface area contributed by atoms with E-state index in [1.54, 1.807) is 36.4 Å². The zero-order chi connectivity index (χ0) is 17.8. The van der Waals surface area contributed by atoms with E-state index in [-0.39, 0.29) is 4.90 Å². The topological polar surface area (TPSA) is 93.1 Å². The molecule has 0 aliphatic carbocycles. The predicted octanol–water partition coefficient (Wildman–Crippen LogP) is 1.96. The van der Waals surface area contributed by atoms with Gasteiger partial charge in [0.15, 0.2) is 6.61 Å². The number of sulfonamides is 1. The number of hydrogen-bond donors (Lipinski definition) is 1. The molecular formula is C17H15NO6S. The van der Waals surface area contributed by atoms with Gasteiger partial charge >= 0.3 is 6.09 Å². The van der Waals surface area contributed by atoms with E-state index in [2.05, 4.69) is 0 Å². The number of fused-ring (bicyclic) bond motifs is 1. The molecule has 2 aromatic carbocycles. The second-order valence-corrected chi connectivity index (χ2v) is 7.81. The molecule has 7 nitrogen and oxygen atoms in total. The van der Waals surface area contributed by atoms with Gasteiger partial charge in [-0.15, -0.1) is 0 Å². The van der Waals surface area contributed by atoms with Crippen LogP contribution < -0.4 is 4.74 Å². The Labute approximate surface area is 144 Å². The van der Waals surface area contributed by atoms with Crippen LogP contribution in [0.15, 0.2) is 53.4 Å². The number of carbonyl (C=O) groups excluding carboxylic acids is 1. The third-order valence-corrected chi connectivity index (χ3v) is 6.21. The molecule has 0 saturated carbocycles. The van der Waals surface area contributed by atoms with Crippen LogP contribution in [0.5, 0.6) is 5.75 Å². The van der Waals surface area contributed by atoms with E-state index in [9.17, 15) is 18.3 Å². The summed E-state index contributed by atoms with van der Waals surface area (Å²) in [6.07, 6.45) is -2.43. The predicted molar refractivity (Wildman–Crippen MR) is 86.3 cm³/mol. The molecule has 0 bridgehead atoms. The van der Waals surface area contributed by atoms with Crippen LogP contribution in [-0.2, 0) is 14.8 Å². The smallest absolute Gasteiger partial charge is 0.427 e. The van der Waals surface area contributed by atoms with Crippen LogP contribution in [0.2, 0.25) is 0 Å². The molecular weight excluding hydrogens is 346 g/mol. The second kappa shape index (κ2) is 5.21. The molecule has 1 N–H and O–H groups in total. The van der Waals surface area contributed by atoms with Crippen LogP contribution in [0, 0.1) is 6.92 Å². The Morgan fingerprint density at radius 1 is 1.16 bits per heavy atom. The maximum absolute atomic E-state index is 13.0. The second-order valence-electron chi connectivity index (χ2n) is 6.02. The molecule has 4 rings (SSSR count). The van der Waals surface area contributed by atoms with E-state index in [0.717, 1.165) is 5.56 Å². The third kappa shape index (κ3) is 2.14. The number of cyclic esters (lactones) is 1. The molecule has 2 aromatic rings. The van der Waals surface area contributed by atoms with E-state index in [4.69, 9.17) is 9.47 Å². The molecule has 130 valence electrons. The standard InChI is InChI=1S/C17H15NO6S/c1-11-6-8-12(9-7-11)25(21,22)18-16(20)23-10-17(18)15(19)13-4-2-3-5-14(13)24-17/h2-9,15,19H,10H2,1H3/t15-,17-/m0/s1. The molecule has 8 heteroatoms. The van der Waals surface area contributed by atoms with E-state index < -0.39 is 34.6 Å². The van der Waals surface area contributed by atoms with E-state index in [1.807, 2.05) is 6.92 Å². The van der Waals surface area contributed by atoms with Crippen molar-refractivity contribution in [2.24, 2.45) is 0 Å². The Balaban J connectivity index is 1.83.